The predicted molar refractivity (Wildman–Crippen MR) is 117 cm³/mol. The first-order valence-corrected chi connectivity index (χ1v) is 10.1. The van der Waals surface area contributed by atoms with Gasteiger partial charge in [-0.05, 0) is 37.6 Å². The molecule has 0 radical (unpaired) electrons. The van der Waals surface area contributed by atoms with E-state index in [9.17, 15) is 14.9 Å². The van der Waals surface area contributed by atoms with Crippen molar-refractivity contribution in [3.8, 4) is 17.7 Å². The molecule has 0 saturated heterocycles. The quantitative estimate of drug-likeness (QED) is 0.359. The van der Waals surface area contributed by atoms with Crippen LogP contribution >= 0.6 is 0 Å². The Morgan fingerprint density at radius 3 is 2.62 bits per heavy atom. The molecule has 0 aliphatic carbocycles. The lowest BCUT2D eigenvalue weighted by molar-refractivity contribution is -0.140. The molecule has 5 rings (SSSR count). The maximum Gasteiger partial charge on any atom is 0.271 e. The average molecular weight is 426 g/mol. The molecule has 8 nitrogen and oxygen atoms in total. The van der Waals surface area contributed by atoms with Gasteiger partial charge < -0.3 is 13.4 Å². The highest BCUT2D eigenvalue weighted by Gasteiger charge is 2.34. The smallest absolute Gasteiger partial charge is 0.271 e. The van der Waals surface area contributed by atoms with Gasteiger partial charge >= 0.3 is 0 Å². The molecule has 0 fully saturated rings. The Kier molecular flexibility index (Phi) is 4.34. The molecule has 0 saturated carbocycles. The first kappa shape index (κ1) is 19.6. The van der Waals surface area contributed by atoms with Crippen molar-refractivity contribution in [3.05, 3.63) is 58.9 Å². The number of carbonyl (C=O) groups is 2. The van der Waals surface area contributed by atoms with Gasteiger partial charge in [0.25, 0.3) is 11.8 Å². The molecule has 1 aromatic carbocycles. The number of imidazole rings is 1. The van der Waals surface area contributed by atoms with Crippen molar-refractivity contribution in [3.63, 3.8) is 0 Å². The summed E-state index contributed by atoms with van der Waals surface area (Å²) in [5, 5.41) is 10.4. The van der Waals surface area contributed by atoms with Crippen LogP contribution in [0.4, 0.5) is 0 Å². The van der Waals surface area contributed by atoms with E-state index in [0.29, 0.717) is 28.6 Å². The number of likely N-dealkylation sites (N-methyl/N-ethyl adjacent to an activating group) is 1. The molecule has 4 aromatic rings. The summed E-state index contributed by atoms with van der Waals surface area (Å²) in [5.41, 5.74) is 2.43. The van der Waals surface area contributed by atoms with E-state index in [-0.39, 0.29) is 17.7 Å². The lowest BCUT2D eigenvalue weighted by atomic mass is 9.95. The number of hydrogen-bond donors (Lipinski definition) is 0. The van der Waals surface area contributed by atoms with E-state index >= 15 is 0 Å². The number of rotatable bonds is 3. The highest BCUT2D eigenvalue weighted by atomic mass is 16.4. The number of nitriles is 1. The first-order valence-electron chi connectivity index (χ1n) is 10.1. The maximum atomic E-state index is 12.8. The lowest BCUT2D eigenvalue weighted by Crippen LogP contribution is -2.42. The van der Waals surface area contributed by atoms with Crippen LogP contribution in [-0.2, 0) is 16.6 Å². The molecule has 1 aliphatic rings. The fourth-order valence-electron chi connectivity index (χ4n) is 3.94. The second-order valence-corrected chi connectivity index (χ2v) is 7.51. The molecule has 8 heteroatoms. The number of amides is 2. The van der Waals surface area contributed by atoms with Crippen molar-refractivity contribution in [2.75, 3.05) is 6.54 Å². The summed E-state index contributed by atoms with van der Waals surface area (Å²) in [7, 11) is 1.85. The van der Waals surface area contributed by atoms with Gasteiger partial charge in [0.2, 0.25) is 5.71 Å². The number of benzene rings is 1. The van der Waals surface area contributed by atoms with Gasteiger partial charge in [-0.2, -0.15) is 10.2 Å². The Morgan fingerprint density at radius 2 is 1.94 bits per heavy atom. The molecule has 0 atom stereocenters. The summed E-state index contributed by atoms with van der Waals surface area (Å²) in [6, 6.07) is 13.3. The zero-order valence-electron chi connectivity index (χ0n) is 17.7. The SMILES string of the molecule is CCN1C(=O)C(C#N)=C(C)/C(=C/c2cc3c(nc(-c4cc5ccccc5o4)n3C)o2)C1=O. The van der Waals surface area contributed by atoms with Crippen LogP contribution in [0.5, 0.6) is 0 Å². The van der Waals surface area contributed by atoms with Crippen molar-refractivity contribution in [2.45, 2.75) is 13.8 Å². The van der Waals surface area contributed by atoms with Crippen LogP contribution in [0.2, 0.25) is 0 Å². The summed E-state index contributed by atoms with van der Waals surface area (Å²) in [6.07, 6.45) is 1.55. The van der Waals surface area contributed by atoms with E-state index in [0.717, 1.165) is 21.4 Å². The van der Waals surface area contributed by atoms with Gasteiger partial charge in [-0.3, -0.25) is 14.5 Å². The van der Waals surface area contributed by atoms with Crippen LogP contribution in [0.15, 0.2) is 62.0 Å². The Hall–Kier alpha value is -4.38. The van der Waals surface area contributed by atoms with Gasteiger partial charge in [0.1, 0.15) is 28.5 Å². The number of aryl methyl sites for hydroxylation is 1. The molecule has 0 N–H and O–H groups in total. The van der Waals surface area contributed by atoms with E-state index in [4.69, 9.17) is 8.83 Å². The molecule has 3 aromatic heterocycles. The fraction of sp³-hybridized carbons (Fsp3) is 0.167. The summed E-state index contributed by atoms with van der Waals surface area (Å²) < 4.78 is 13.6. The Labute approximate surface area is 182 Å². The average Bonchev–Trinajstić information content (AvgIpc) is 3.45. The third-order valence-corrected chi connectivity index (χ3v) is 5.67. The Morgan fingerprint density at radius 1 is 1.16 bits per heavy atom. The van der Waals surface area contributed by atoms with Gasteiger partial charge in [0.15, 0.2) is 11.6 Å². The molecular weight excluding hydrogens is 408 g/mol. The van der Waals surface area contributed by atoms with Gasteiger partial charge in [-0.25, -0.2) is 0 Å². The highest BCUT2D eigenvalue weighted by molar-refractivity contribution is 6.19. The van der Waals surface area contributed by atoms with Crippen LogP contribution in [0.3, 0.4) is 0 Å². The summed E-state index contributed by atoms with van der Waals surface area (Å²) in [6.45, 7) is 3.46. The number of para-hydroxylation sites is 1. The minimum absolute atomic E-state index is 0.0425. The van der Waals surface area contributed by atoms with Crippen molar-refractivity contribution in [1.82, 2.24) is 14.5 Å². The summed E-state index contributed by atoms with van der Waals surface area (Å²) >= 11 is 0. The lowest BCUT2D eigenvalue weighted by Gasteiger charge is -2.25. The number of carbonyl (C=O) groups excluding carboxylic acids is 2. The monoisotopic (exact) mass is 426 g/mol. The predicted octanol–water partition coefficient (Wildman–Crippen LogP) is 4.19. The summed E-state index contributed by atoms with van der Waals surface area (Å²) in [4.78, 5) is 30.8. The third-order valence-electron chi connectivity index (χ3n) is 5.67. The number of nitrogens with zero attached hydrogens (tertiary/aromatic N) is 4. The first-order chi connectivity index (χ1) is 15.4. The Balaban J connectivity index is 1.58. The largest absolute Gasteiger partial charge is 0.453 e. The number of aromatic nitrogens is 2. The van der Waals surface area contributed by atoms with E-state index in [2.05, 4.69) is 4.98 Å². The van der Waals surface area contributed by atoms with Gasteiger partial charge in [0, 0.05) is 30.6 Å². The second-order valence-electron chi connectivity index (χ2n) is 7.51. The zero-order valence-corrected chi connectivity index (χ0v) is 17.7. The standard InChI is InChI=1S/C24H18N4O4/c1-4-28-23(29)16(13(2)17(12-25)24(28)30)10-15-11-18-22(31-15)26-21(27(18)3)20-9-14-7-5-6-8-19(14)32-20/h5-11H,4H2,1-3H3/b16-10-. The third kappa shape index (κ3) is 2.79. The van der Waals surface area contributed by atoms with E-state index in [1.807, 2.05) is 48.0 Å². The normalized spacial score (nSPS) is 16.1. The van der Waals surface area contributed by atoms with E-state index in [1.54, 1.807) is 26.0 Å². The van der Waals surface area contributed by atoms with Crippen LogP contribution in [0, 0.1) is 11.3 Å². The molecule has 0 spiro atoms. The number of furan rings is 2. The topological polar surface area (TPSA) is 105 Å². The van der Waals surface area contributed by atoms with E-state index < -0.39 is 11.8 Å². The molecule has 0 unspecified atom stereocenters. The number of imide groups is 1. The molecule has 32 heavy (non-hydrogen) atoms. The minimum Gasteiger partial charge on any atom is -0.453 e. The number of hydrogen-bond acceptors (Lipinski definition) is 6. The molecule has 2 amide bonds. The van der Waals surface area contributed by atoms with Crippen molar-refractivity contribution >= 4 is 40.1 Å². The molecular formula is C24H18N4O4. The molecule has 158 valence electrons. The van der Waals surface area contributed by atoms with E-state index in [1.165, 1.54) is 0 Å². The van der Waals surface area contributed by atoms with Gasteiger partial charge in [-0.1, -0.05) is 18.2 Å². The Bertz CT molecular complexity index is 1500. The summed E-state index contributed by atoms with van der Waals surface area (Å²) in [5.74, 6) is 0.618. The van der Waals surface area contributed by atoms with Crippen LogP contribution in [0.1, 0.15) is 19.6 Å². The second kappa shape index (κ2) is 7.10. The van der Waals surface area contributed by atoms with Crippen molar-refractivity contribution < 1.29 is 18.4 Å². The van der Waals surface area contributed by atoms with Crippen LogP contribution < -0.4 is 0 Å². The fourth-order valence-corrected chi connectivity index (χ4v) is 3.94. The number of fused-ring (bicyclic) bond motifs is 2. The molecule has 1 aliphatic heterocycles. The molecule has 0 bridgehead atoms. The van der Waals surface area contributed by atoms with Crippen molar-refractivity contribution in [2.24, 2.45) is 7.05 Å². The van der Waals surface area contributed by atoms with Gasteiger partial charge in [0.05, 0.1) is 0 Å². The maximum absolute atomic E-state index is 12.8. The van der Waals surface area contributed by atoms with Crippen molar-refractivity contribution in [1.29, 1.82) is 5.26 Å². The molecule has 4 heterocycles. The van der Waals surface area contributed by atoms with Crippen LogP contribution in [-0.4, -0.2) is 32.8 Å². The van der Waals surface area contributed by atoms with Crippen LogP contribution in [0.25, 0.3) is 39.9 Å². The zero-order chi connectivity index (χ0) is 22.6. The highest BCUT2D eigenvalue weighted by Crippen LogP contribution is 2.32. The minimum atomic E-state index is -0.573. The van der Waals surface area contributed by atoms with Gasteiger partial charge in [-0.15, -0.1) is 0 Å².